The van der Waals surface area contributed by atoms with E-state index in [9.17, 15) is 14.0 Å². The number of carbonyl (C=O) groups excluding carboxylic acids is 2. The summed E-state index contributed by atoms with van der Waals surface area (Å²) in [5.74, 6) is -1.41. The van der Waals surface area contributed by atoms with Crippen molar-refractivity contribution >= 4 is 33.6 Å². The lowest BCUT2D eigenvalue weighted by molar-refractivity contribution is 0.0963. The number of hydrogen-bond donors (Lipinski definition) is 2. The van der Waals surface area contributed by atoms with Gasteiger partial charge in [0.1, 0.15) is 5.82 Å². The Morgan fingerprint density at radius 3 is 2.52 bits per heavy atom. The second-order valence-corrected chi connectivity index (χ2v) is 6.89. The van der Waals surface area contributed by atoms with E-state index in [0.29, 0.717) is 21.4 Å². The maximum Gasteiger partial charge on any atom is 0.326 e. The van der Waals surface area contributed by atoms with Gasteiger partial charge < -0.3 is 5.32 Å². The Hall–Kier alpha value is -2.28. The Balaban J connectivity index is 2.19. The smallest absolute Gasteiger partial charge is 0.306 e. The molecule has 1 aromatic heterocycles. The number of anilines is 1. The van der Waals surface area contributed by atoms with E-state index in [4.69, 9.17) is 0 Å². The lowest BCUT2D eigenvalue weighted by atomic mass is 10.1. The molecule has 0 atom stereocenters. The van der Waals surface area contributed by atoms with Crippen molar-refractivity contribution in [2.75, 3.05) is 5.32 Å². The van der Waals surface area contributed by atoms with Crippen LogP contribution in [0.2, 0.25) is 0 Å². The van der Waals surface area contributed by atoms with Crippen LogP contribution in [0.3, 0.4) is 0 Å². The topological polar surface area (TPSA) is 71.1 Å². The third-order valence-corrected chi connectivity index (χ3v) is 4.55. The van der Waals surface area contributed by atoms with Gasteiger partial charge in [-0.25, -0.2) is 9.18 Å². The maximum absolute atomic E-state index is 14.0. The Bertz CT molecular complexity index is 837. The van der Waals surface area contributed by atoms with Crippen LogP contribution in [-0.4, -0.2) is 16.9 Å². The molecule has 2 aromatic rings. The molecule has 25 heavy (non-hydrogen) atoms. The zero-order valence-electron chi connectivity index (χ0n) is 14.4. The lowest BCUT2D eigenvalue weighted by Gasteiger charge is -2.15. The largest absolute Gasteiger partial charge is 0.326 e. The summed E-state index contributed by atoms with van der Waals surface area (Å²) >= 11 is 3.25. The number of amides is 3. The molecular formula is C18H19BrFN3O2. The van der Waals surface area contributed by atoms with E-state index in [1.54, 1.807) is 19.2 Å². The van der Waals surface area contributed by atoms with Gasteiger partial charge in [0.05, 0.1) is 16.9 Å². The summed E-state index contributed by atoms with van der Waals surface area (Å²) in [5, 5.41) is 4.79. The molecule has 2 rings (SSSR count). The molecule has 2 N–H and O–H groups in total. The minimum atomic E-state index is -0.816. The lowest BCUT2D eigenvalue weighted by Crippen LogP contribution is -2.35. The molecule has 0 spiro atoms. The molecule has 132 valence electrons. The quantitative estimate of drug-likeness (QED) is 0.775. The van der Waals surface area contributed by atoms with Crippen LogP contribution >= 0.6 is 15.9 Å². The Kier molecular flexibility index (Phi) is 5.89. The summed E-state index contributed by atoms with van der Waals surface area (Å²) in [4.78, 5) is 28.6. The summed E-state index contributed by atoms with van der Waals surface area (Å²) in [6.45, 7) is 7.45. The number of carbonyl (C=O) groups is 2. The summed E-state index contributed by atoms with van der Waals surface area (Å²) in [5.41, 5.74) is 2.54. The summed E-state index contributed by atoms with van der Waals surface area (Å²) in [6, 6.07) is 3.61. The molecule has 0 bridgehead atoms. The standard InChI is InChI=1S/C18H19BrFN3O2/c1-9(2)15-16(10(3)5-6-21-15)22-18(25)23-17(24)12-8-13(19)11(4)7-14(12)20/h5-9H,1-4H3,(H2,22,23,24,25). The van der Waals surface area contributed by atoms with Crippen LogP contribution in [0.1, 0.15) is 46.9 Å². The molecule has 0 saturated heterocycles. The zero-order valence-corrected chi connectivity index (χ0v) is 16.0. The molecule has 0 radical (unpaired) electrons. The average molecular weight is 408 g/mol. The first-order valence-electron chi connectivity index (χ1n) is 7.74. The van der Waals surface area contributed by atoms with Crippen LogP contribution in [0.25, 0.3) is 0 Å². The maximum atomic E-state index is 14.0. The number of imide groups is 1. The number of rotatable bonds is 3. The second-order valence-electron chi connectivity index (χ2n) is 6.03. The summed E-state index contributed by atoms with van der Waals surface area (Å²) in [7, 11) is 0. The SMILES string of the molecule is Cc1cc(F)c(C(=O)NC(=O)Nc2c(C)ccnc2C(C)C)cc1Br. The van der Waals surface area contributed by atoms with Gasteiger partial charge in [0, 0.05) is 10.7 Å². The number of aryl methyl sites for hydroxylation is 2. The van der Waals surface area contributed by atoms with Gasteiger partial charge in [-0.1, -0.05) is 29.8 Å². The van der Waals surface area contributed by atoms with Crippen LogP contribution in [0.5, 0.6) is 0 Å². The highest BCUT2D eigenvalue weighted by atomic mass is 79.9. The Morgan fingerprint density at radius 1 is 1.20 bits per heavy atom. The van der Waals surface area contributed by atoms with Crippen molar-refractivity contribution in [2.45, 2.75) is 33.6 Å². The average Bonchev–Trinajstić information content (AvgIpc) is 2.52. The highest BCUT2D eigenvalue weighted by molar-refractivity contribution is 9.10. The van der Waals surface area contributed by atoms with Gasteiger partial charge in [-0.15, -0.1) is 0 Å². The van der Waals surface area contributed by atoms with Crippen molar-refractivity contribution in [1.29, 1.82) is 0 Å². The molecule has 0 saturated carbocycles. The van der Waals surface area contributed by atoms with E-state index in [0.717, 1.165) is 5.56 Å². The molecule has 3 amide bonds. The van der Waals surface area contributed by atoms with Crippen molar-refractivity contribution in [2.24, 2.45) is 0 Å². The minimum Gasteiger partial charge on any atom is -0.306 e. The van der Waals surface area contributed by atoms with E-state index in [1.165, 1.54) is 12.1 Å². The minimum absolute atomic E-state index is 0.0939. The van der Waals surface area contributed by atoms with E-state index >= 15 is 0 Å². The number of aromatic nitrogens is 1. The fraction of sp³-hybridized carbons (Fsp3) is 0.278. The van der Waals surface area contributed by atoms with Gasteiger partial charge in [0.2, 0.25) is 0 Å². The van der Waals surface area contributed by atoms with Gasteiger partial charge >= 0.3 is 6.03 Å². The normalized spacial score (nSPS) is 10.7. The van der Waals surface area contributed by atoms with Crippen LogP contribution in [0.15, 0.2) is 28.9 Å². The van der Waals surface area contributed by atoms with Crippen LogP contribution in [-0.2, 0) is 0 Å². The van der Waals surface area contributed by atoms with Crippen LogP contribution in [0.4, 0.5) is 14.9 Å². The van der Waals surface area contributed by atoms with Crippen molar-refractivity contribution < 1.29 is 14.0 Å². The molecule has 0 fully saturated rings. The predicted octanol–water partition coefficient (Wildman–Crippen LogP) is 4.69. The van der Waals surface area contributed by atoms with E-state index < -0.39 is 17.8 Å². The number of benzene rings is 1. The fourth-order valence-corrected chi connectivity index (χ4v) is 2.66. The second kappa shape index (κ2) is 7.74. The third kappa shape index (κ3) is 4.42. The van der Waals surface area contributed by atoms with Gasteiger partial charge in [-0.3, -0.25) is 15.1 Å². The van der Waals surface area contributed by atoms with Crippen LogP contribution in [0, 0.1) is 19.7 Å². The Morgan fingerprint density at radius 2 is 1.88 bits per heavy atom. The fourth-order valence-electron chi connectivity index (χ4n) is 2.32. The molecule has 5 nitrogen and oxygen atoms in total. The van der Waals surface area contributed by atoms with Crippen molar-refractivity contribution in [3.63, 3.8) is 0 Å². The first kappa shape index (κ1) is 19.1. The molecular weight excluding hydrogens is 389 g/mol. The van der Waals surface area contributed by atoms with E-state index in [2.05, 4.69) is 31.5 Å². The molecule has 1 aromatic carbocycles. The highest BCUT2D eigenvalue weighted by Crippen LogP contribution is 2.25. The van der Waals surface area contributed by atoms with Gasteiger partial charge in [-0.2, -0.15) is 0 Å². The zero-order chi connectivity index (χ0) is 18.7. The first-order valence-corrected chi connectivity index (χ1v) is 8.53. The molecule has 0 aliphatic carbocycles. The van der Waals surface area contributed by atoms with Gasteiger partial charge in [-0.05, 0) is 49.1 Å². The van der Waals surface area contributed by atoms with Crippen molar-refractivity contribution in [3.8, 4) is 0 Å². The van der Waals surface area contributed by atoms with Gasteiger partial charge in [0.25, 0.3) is 5.91 Å². The van der Waals surface area contributed by atoms with Crippen LogP contribution < -0.4 is 10.6 Å². The summed E-state index contributed by atoms with van der Waals surface area (Å²) < 4.78 is 14.6. The Labute approximate surface area is 154 Å². The van der Waals surface area contributed by atoms with E-state index in [1.807, 2.05) is 20.8 Å². The number of halogens is 2. The summed E-state index contributed by atoms with van der Waals surface area (Å²) in [6.07, 6.45) is 1.66. The molecule has 1 heterocycles. The van der Waals surface area contributed by atoms with E-state index in [-0.39, 0.29) is 11.5 Å². The molecule has 7 heteroatoms. The monoisotopic (exact) mass is 407 g/mol. The van der Waals surface area contributed by atoms with Crippen molar-refractivity contribution in [3.05, 3.63) is 57.1 Å². The van der Waals surface area contributed by atoms with Gasteiger partial charge in [0.15, 0.2) is 0 Å². The first-order chi connectivity index (χ1) is 11.7. The highest BCUT2D eigenvalue weighted by Gasteiger charge is 2.18. The third-order valence-electron chi connectivity index (χ3n) is 3.69. The predicted molar refractivity (Wildman–Crippen MR) is 98.4 cm³/mol. The number of hydrogen-bond acceptors (Lipinski definition) is 3. The molecule has 0 unspecified atom stereocenters. The molecule has 0 aliphatic rings. The number of nitrogens with zero attached hydrogens (tertiary/aromatic N) is 1. The number of pyridine rings is 1. The number of urea groups is 1. The number of nitrogens with one attached hydrogen (secondary N) is 2. The van der Waals surface area contributed by atoms with Crippen molar-refractivity contribution in [1.82, 2.24) is 10.3 Å². The molecule has 0 aliphatic heterocycles.